The van der Waals surface area contributed by atoms with E-state index in [2.05, 4.69) is 10.3 Å². The summed E-state index contributed by atoms with van der Waals surface area (Å²) in [4.78, 5) is 29.8. The van der Waals surface area contributed by atoms with Crippen LogP contribution in [0.4, 0.5) is 5.69 Å². The molecule has 0 saturated carbocycles. The van der Waals surface area contributed by atoms with E-state index >= 15 is 0 Å². The first kappa shape index (κ1) is 17.7. The number of para-hydroxylation sites is 1. The Bertz CT molecular complexity index is 886. The molecule has 130 valence electrons. The van der Waals surface area contributed by atoms with Crippen molar-refractivity contribution in [3.8, 4) is 0 Å². The normalized spacial score (nSPS) is 10.2. The minimum absolute atomic E-state index is 0.354. The van der Waals surface area contributed by atoms with Crippen molar-refractivity contribution in [1.29, 1.82) is 0 Å². The van der Waals surface area contributed by atoms with Gasteiger partial charge < -0.3 is 10.1 Å². The molecule has 0 aliphatic heterocycles. The summed E-state index contributed by atoms with van der Waals surface area (Å²) in [5, 5.41) is 2.79. The van der Waals surface area contributed by atoms with Gasteiger partial charge in [-0.2, -0.15) is 0 Å². The zero-order valence-corrected chi connectivity index (χ0v) is 14.6. The number of nitrogens with one attached hydrogen (secondary N) is 1. The van der Waals surface area contributed by atoms with Crippen LogP contribution in [0, 0.1) is 0 Å². The Kier molecular flexibility index (Phi) is 6.01. The highest BCUT2D eigenvalue weighted by Gasteiger charge is 2.12. The predicted molar refractivity (Wildman–Crippen MR) is 100 cm³/mol. The number of rotatable bonds is 6. The maximum Gasteiger partial charge on any atom is 0.338 e. The zero-order chi connectivity index (χ0) is 18.2. The fourth-order valence-electron chi connectivity index (χ4n) is 2.16. The van der Waals surface area contributed by atoms with Crippen molar-refractivity contribution in [2.24, 2.45) is 0 Å². The van der Waals surface area contributed by atoms with E-state index in [0.717, 1.165) is 9.79 Å². The van der Waals surface area contributed by atoms with E-state index in [1.54, 1.807) is 11.8 Å². The fourth-order valence-corrected chi connectivity index (χ4v) is 3.09. The molecule has 0 radical (unpaired) electrons. The lowest BCUT2D eigenvalue weighted by Gasteiger charge is -2.11. The van der Waals surface area contributed by atoms with E-state index in [1.165, 1.54) is 24.5 Å². The average molecular weight is 364 g/mol. The minimum atomic E-state index is -0.561. The third-order valence-electron chi connectivity index (χ3n) is 3.38. The Morgan fingerprint density at radius 2 is 1.62 bits per heavy atom. The van der Waals surface area contributed by atoms with Crippen molar-refractivity contribution in [3.05, 3.63) is 84.7 Å². The van der Waals surface area contributed by atoms with E-state index in [4.69, 9.17) is 4.74 Å². The molecule has 26 heavy (non-hydrogen) atoms. The number of hydrogen-bond acceptors (Lipinski definition) is 5. The Labute approximate surface area is 155 Å². The van der Waals surface area contributed by atoms with Gasteiger partial charge >= 0.3 is 5.97 Å². The predicted octanol–water partition coefficient (Wildman–Crippen LogP) is 4.03. The molecule has 5 nitrogen and oxygen atoms in total. The summed E-state index contributed by atoms with van der Waals surface area (Å²) in [5.74, 6) is -0.956. The van der Waals surface area contributed by atoms with E-state index in [0.29, 0.717) is 11.3 Å². The summed E-state index contributed by atoms with van der Waals surface area (Å²) in [7, 11) is 0. The summed E-state index contributed by atoms with van der Waals surface area (Å²) in [6.45, 7) is -0.356. The number of esters is 1. The lowest BCUT2D eigenvalue weighted by atomic mass is 10.3. The topological polar surface area (TPSA) is 68.3 Å². The second-order valence-corrected chi connectivity index (χ2v) is 6.39. The molecule has 0 fully saturated rings. The molecule has 3 rings (SSSR count). The first-order valence-corrected chi connectivity index (χ1v) is 8.73. The number of anilines is 1. The van der Waals surface area contributed by atoms with Gasteiger partial charge in [0.05, 0.1) is 11.3 Å². The molecule has 0 aliphatic rings. The Hall–Kier alpha value is -3.12. The number of benzene rings is 2. The van der Waals surface area contributed by atoms with Gasteiger partial charge in [-0.25, -0.2) is 4.79 Å². The van der Waals surface area contributed by atoms with Gasteiger partial charge in [-0.1, -0.05) is 42.1 Å². The largest absolute Gasteiger partial charge is 0.452 e. The third-order valence-corrected chi connectivity index (χ3v) is 4.47. The van der Waals surface area contributed by atoms with Gasteiger partial charge in [-0.3, -0.25) is 9.78 Å². The number of carbonyl (C=O) groups is 2. The molecule has 6 heteroatoms. The molecule has 0 unspecified atom stereocenters. The van der Waals surface area contributed by atoms with Crippen LogP contribution in [-0.4, -0.2) is 23.5 Å². The summed E-state index contributed by atoms with van der Waals surface area (Å²) in [6.07, 6.45) is 2.99. The molecule has 3 aromatic rings. The van der Waals surface area contributed by atoms with Crippen molar-refractivity contribution in [2.75, 3.05) is 11.9 Å². The van der Waals surface area contributed by atoms with E-state index < -0.39 is 11.9 Å². The van der Waals surface area contributed by atoms with Gasteiger partial charge in [0.25, 0.3) is 5.91 Å². The second kappa shape index (κ2) is 8.82. The molecule has 0 bridgehead atoms. The summed E-state index contributed by atoms with van der Waals surface area (Å²) in [5.41, 5.74) is 1.03. The monoisotopic (exact) mass is 364 g/mol. The molecule has 1 N–H and O–H groups in total. The smallest absolute Gasteiger partial charge is 0.338 e. The Balaban J connectivity index is 1.60. The molecular weight excluding hydrogens is 348 g/mol. The zero-order valence-electron chi connectivity index (χ0n) is 13.8. The number of aromatic nitrogens is 1. The van der Waals surface area contributed by atoms with E-state index in [9.17, 15) is 9.59 Å². The van der Waals surface area contributed by atoms with Crippen molar-refractivity contribution in [3.63, 3.8) is 0 Å². The molecule has 1 heterocycles. The van der Waals surface area contributed by atoms with Crippen LogP contribution in [0.15, 0.2) is 88.9 Å². The average Bonchev–Trinajstić information content (AvgIpc) is 2.69. The minimum Gasteiger partial charge on any atom is -0.452 e. The van der Waals surface area contributed by atoms with Crippen molar-refractivity contribution in [1.82, 2.24) is 4.98 Å². The Morgan fingerprint density at radius 1 is 0.923 bits per heavy atom. The quantitative estimate of drug-likeness (QED) is 0.669. The first-order chi connectivity index (χ1) is 12.7. The van der Waals surface area contributed by atoms with Crippen LogP contribution in [0.25, 0.3) is 0 Å². The molecule has 1 aromatic heterocycles. The molecule has 0 atom stereocenters. The highest BCUT2D eigenvalue weighted by Crippen LogP contribution is 2.33. The third kappa shape index (κ3) is 4.94. The van der Waals surface area contributed by atoms with Crippen molar-refractivity contribution >= 4 is 29.3 Å². The van der Waals surface area contributed by atoms with Crippen molar-refractivity contribution in [2.45, 2.75) is 9.79 Å². The van der Waals surface area contributed by atoms with Crippen LogP contribution in [0.2, 0.25) is 0 Å². The Morgan fingerprint density at radius 3 is 2.38 bits per heavy atom. The lowest BCUT2D eigenvalue weighted by Crippen LogP contribution is -2.21. The fraction of sp³-hybridized carbons (Fsp3) is 0.0500. The maximum atomic E-state index is 12.1. The summed E-state index contributed by atoms with van der Waals surface area (Å²) in [6, 6.07) is 20.4. The molecule has 1 amide bonds. The van der Waals surface area contributed by atoms with Crippen LogP contribution in [-0.2, 0) is 9.53 Å². The van der Waals surface area contributed by atoms with Gasteiger partial charge in [0.1, 0.15) is 0 Å². The van der Waals surface area contributed by atoms with E-state index in [1.807, 2.05) is 54.6 Å². The van der Waals surface area contributed by atoms with Crippen LogP contribution in [0.1, 0.15) is 10.4 Å². The molecule has 0 spiro atoms. The van der Waals surface area contributed by atoms with Crippen LogP contribution in [0.3, 0.4) is 0 Å². The number of amides is 1. The van der Waals surface area contributed by atoms with Crippen LogP contribution < -0.4 is 5.32 Å². The van der Waals surface area contributed by atoms with Gasteiger partial charge in [0.2, 0.25) is 0 Å². The highest BCUT2D eigenvalue weighted by molar-refractivity contribution is 7.99. The van der Waals surface area contributed by atoms with Crippen LogP contribution >= 0.6 is 11.8 Å². The standard InChI is InChI=1S/C20H16N2O3S/c23-19(14-25-20(24)15-10-12-21-13-11-15)22-17-8-4-5-9-18(17)26-16-6-2-1-3-7-16/h1-13H,14H2,(H,22,23). The highest BCUT2D eigenvalue weighted by atomic mass is 32.2. The number of pyridine rings is 1. The van der Waals surface area contributed by atoms with Gasteiger partial charge in [-0.15, -0.1) is 0 Å². The van der Waals surface area contributed by atoms with Gasteiger partial charge in [-0.05, 0) is 36.4 Å². The van der Waals surface area contributed by atoms with Gasteiger partial charge in [0.15, 0.2) is 6.61 Å². The summed E-state index contributed by atoms with van der Waals surface area (Å²) < 4.78 is 5.03. The SMILES string of the molecule is O=C(COC(=O)c1ccncc1)Nc1ccccc1Sc1ccccc1. The molecule has 0 saturated heterocycles. The second-order valence-electron chi connectivity index (χ2n) is 5.27. The first-order valence-electron chi connectivity index (χ1n) is 7.91. The maximum absolute atomic E-state index is 12.1. The molecule has 2 aromatic carbocycles. The molecular formula is C20H16N2O3S. The van der Waals surface area contributed by atoms with Crippen LogP contribution in [0.5, 0.6) is 0 Å². The number of nitrogens with zero attached hydrogens (tertiary/aromatic N) is 1. The molecule has 0 aliphatic carbocycles. The van der Waals surface area contributed by atoms with E-state index in [-0.39, 0.29) is 6.61 Å². The number of hydrogen-bond donors (Lipinski definition) is 1. The van der Waals surface area contributed by atoms with Gasteiger partial charge in [0, 0.05) is 22.2 Å². The number of carbonyl (C=O) groups excluding carboxylic acids is 2. The van der Waals surface area contributed by atoms with Crippen molar-refractivity contribution < 1.29 is 14.3 Å². The lowest BCUT2D eigenvalue weighted by molar-refractivity contribution is -0.119. The summed E-state index contributed by atoms with van der Waals surface area (Å²) >= 11 is 1.55. The number of ether oxygens (including phenoxy) is 1.